The molecular weight excluding hydrogens is 352 g/mol. The van der Waals surface area contributed by atoms with Gasteiger partial charge >= 0.3 is 0 Å². The largest absolute Gasteiger partial charge is 0.320 e. The normalized spacial score (nSPS) is 10.8. The fourth-order valence-corrected chi connectivity index (χ4v) is 2.31. The summed E-state index contributed by atoms with van der Waals surface area (Å²) in [5.41, 5.74) is 4.48. The molecule has 2 rings (SSSR count). The van der Waals surface area contributed by atoms with Crippen molar-refractivity contribution in [3.63, 3.8) is 0 Å². The molecule has 0 fully saturated rings. The lowest BCUT2D eigenvalue weighted by molar-refractivity contribution is -0.384. The van der Waals surface area contributed by atoms with Gasteiger partial charge in [0.25, 0.3) is 5.69 Å². The van der Waals surface area contributed by atoms with Crippen LogP contribution in [0.2, 0.25) is 0 Å². The van der Waals surface area contributed by atoms with Crippen molar-refractivity contribution in [1.29, 1.82) is 0 Å². The summed E-state index contributed by atoms with van der Waals surface area (Å²) in [6.07, 6.45) is 3.00. The van der Waals surface area contributed by atoms with Crippen LogP contribution in [-0.2, 0) is 16.6 Å². The Morgan fingerprint density at radius 3 is 2.63 bits per heavy atom. The van der Waals surface area contributed by atoms with Crippen molar-refractivity contribution in [1.82, 2.24) is 15.2 Å². The molecule has 1 aromatic carbocycles. The molecule has 142 valence electrons. The molecule has 0 atom stereocenters. The van der Waals surface area contributed by atoms with Gasteiger partial charge in [-0.25, -0.2) is 5.43 Å². The third-order valence-electron chi connectivity index (χ3n) is 3.65. The molecule has 0 unspecified atom stereocenters. The van der Waals surface area contributed by atoms with Crippen molar-refractivity contribution < 1.29 is 14.5 Å². The van der Waals surface area contributed by atoms with Gasteiger partial charge in [0.15, 0.2) is 0 Å². The van der Waals surface area contributed by atoms with E-state index in [4.69, 9.17) is 0 Å². The molecule has 10 heteroatoms. The Balaban J connectivity index is 1.84. The zero-order valence-electron chi connectivity index (χ0n) is 15.2. The van der Waals surface area contributed by atoms with E-state index in [2.05, 4.69) is 20.9 Å². The average Bonchev–Trinajstić information content (AvgIpc) is 2.92. The van der Waals surface area contributed by atoms with Gasteiger partial charge in [-0.2, -0.15) is 10.2 Å². The molecular formula is C17H20N6O4. The van der Waals surface area contributed by atoms with E-state index in [1.165, 1.54) is 18.3 Å². The van der Waals surface area contributed by atoms with E-state index in [1.54, 1.807) is 30.9 Å². The van der Waals surface area contributed by atoms with Crippen LogP contribution in [-0.4, -0.2) is 32.7 Å². The van der Waals surface area contributed by atoms with Crippen LogP contribution in [0.1, 0.15) is 29.7 Å². The monoisotopic (exact) mass is 372 g/mol. The van der Waals surface area contributed by atoms with Crippen LogP contribution in [0.15, 0.2) is 29.5 Å². The number of carbonyl (C=O) groups excluding carboxylic acids is 2. The van der Waals surface area contributed by atoms with E-state index in [-0.39, 0.29) is 24.2 Å². The second kappa shape index (κ2) is 8.70. The number of benzene rings is 1. The minimum atomic E-state index is -0.565. The Morgan fingerprint density at radius 2 is 2.00 bits per heavy atom. The lowest BCUT2D eigenvalue weighted by Crippen LogP contribution is -2.21. The number of rotatable bonds is 7. The van der Waals surface area contributed by atoms with Crippen molar-refractivity contribution in [3.05, 3.63) is 51.3 Å². The first-order chi connectivity index (χ1) is 12.8. The molecule has 0 saturated heterocycles. The van der Waals surface area contributed by atoms with E-state index < -0.39 is 16.7 Å². The molecule has 27 heavy (non-hydrogen) atoms. The van der Waals surface area contributed by atoms with Gasteiger partial charge in [0.2, 0.25) is 11.8 Å². The predicted octanol–water partition coefficient (Wildman–Crippen LogP) is 1.81. The first-order valence-electron chi connectivity index (χ1n) is 8.13. The van der Waals surface area contributed by atoms with Gasteiger partial charge in [-0.3, -0.25) is 24.4 Å². The van der Waals surface area contributed by atoms with E-state index in [0.717, 1.165) is 11.3 Å². The maximum absolute atomic E-state index is 12.0. The zero-order chi connectivity index (χ0) is 20.0. The van der Waals surface area contributed by atoms with Crippen LogP contribution in [0.25, 0.3) is 0 Å². The minimum absolute atomic E-state index is 0.0982. The highest BCUT2D eigenvalue weighted by atomic mass is 16.6. The smallest absolute Gasteiger partial charge is 0.293 e. The fourth-order valence-electron chi connectivity index (χ4n) is 2.31. The second-order valence-electron chi connectivity index (χ2n) is 5.96. The van der Waals surface area contributed by atoms with E-state index in [1.807, 2.05) is 6.92 Å². The van der Waals surface area contributed by atoms with Gasteiger partial charge in [-0.05, 0) is 25.5 Å². The van der Waals surface area contributed by atoms with Gasteiger partial charge in [-0.15, -0.1) is 0 Å². The highest BCUT2D eigenvalue weighted by molar-refractivity contribution is 5.95. The van der Waals surface area contributed by atoms with Crippen LogP contribution in [0.5, 0.6) is 0 Å². The number of nitro groups is 1. The van der Waals surface area contributed by atoms with Gasteiger partial charge in [0, 0.05) is 37.7 Å². The summed E-state index contributed by atoms with van der Waals surface area (Å²) in [5.74, 6) is -0.939. The molecule has 0 saturated carbocycles. The SMILES string of the molecule is Cc1ccc(NC(=O)CCC(=O)NN=Cc2cn(C)nc2C)c([N+](=O)[O-])c1. The Hall–Kier alpha value is -3.56. The number of aryl methyl sites for hydroxylation is 3. The molecule has 2 N–H and O–H groups in total. The number of hydrazone groups is 1. The summed E-state index contributed by atoms with van der Waals surface area (Å²) in [4.78, 5) is 34.2. The molecule has 0 bridgehead atoms. The third kappa shape index (κ3) is 5.73. The molecule has 10 nitrogen and oxygen atoms in total. The zero-order valence-corrected chi connectivity index (χ0v) is 15.2. The lowest BCUT2D eigenvalue weighted by atomic mass is 10.2. The highest BCUT2D eigenvalue weighted by Gasteiger charge is 2.16. The molecule has 2 aromatic rings. The summed E-state index contributed by atoms with van der Waals surface area (Å²) in [5, 5.41) is 21.5. The van der Waals surface area contributed by atoms with Crippen LogP contribution in [0.3, 0.4) is 0 Å². The molecule has 2 amide bonds. The Bertz CT molecular complexity index is 903. The Morgan fingerprint density at radius 1 is 1.30 bits per heavy atom. The van der Waals surface area contributed by atoms with Gasteiger partial charge in [0.1, 0.15) is 5.69 Å². The van der Waals surface area contributed by atoms with Crippen LogP contribution in [0, 0.1) is 24.0 Å². The molecule has 1 heterocycles. The Kier molecular flexibility index (Phi) is 6.36. The van der Waals surface area contributed by atoms with Crippen molar-refractivity contribution in [3.8, 4) is 0 Å². The maximum Gasteiger partial charge on any atom is 0.293 e. The number of aromatic nitrogens is 2. The molecule has 0 aliphatic rings. The van der Waals surface area contributed by atoms with Crippen molar-refractivity contribution in [2.24, 2.45) is 12.1 Å². The molecule has 0 radical (unpaired) electrons. The first-order valence-corrected chi connectivity index (χ1v) is 8.13. The minimum Gasteiger partial charge on any atom is -0.320 e. The van der Waals surface area contributed by atoms with Crippen molar-refractivity contribution >= 4 is 29.4 Å². The van der Waals surface area contributed by atoms with Gasteiger partial charge in [0.05, 0.1) is 16.8 Å². The van der Waals surface area contributed by atoms with Crippen molar-refractivity contribution in [2.75, 3.05) is 5.32 Å². The summed E-state index contributed by atoms with van der Waals surface area (Å²) in [6.45, 7) is 3.54. The molecule has 1 aromatic heterocycles. The van der Waals surface area contributed by atoms with Crippen LogP contribution in [0.4, 0.5) is 11.4 Å². The first kappa shape index (κ1) is 19.8. The number of nitrogens with zero attached hydrogens (tertiary/aromatic N) is 4. The van der Waals surface area contributed by atoms with Crippen LogP contribution < -0.4 is 10.7 Å². The summed E-state index contributed by atoms with van der Waals surface area (Å²) in [7, 11) is 1.78. The lowest BCUT2D eigenvalue weighted by Gasteiger charge is -2.06. The number of carbonyl (C=O) groups is 2. The summed E-state index contributed by atoms with van der Waals surface area (Å²) in [6, 6.07) is 4.49. The second-order valence-corrected chi connectivity index (χ2v) is 5.96. The van der Waals surface area contributed by atoms with E-state index in [0.29, 0.717) is 5.56 Å². The standard InChI is InChI=1S/C17H20N6O4/c1-11-4-5-14(15(8-11)23(26)27)19-16(24)6-7-17(25)20-18-9-13-10-22(3)21-12(13)2/h4-5,8-10H,6-7H2,1-3H3,(H,19,24)(H,20,25). The van der Waals surface area contributed by atoms with E-state index >= 15 is 0 Å². The molecule has 0 spiro atoms. The maximum atomic E-state index is 12.0. The Labute approximate surface area is 155 Å². The van der Waals surface area contributed by atoms with E-state index in [9.17, 15) is 19.7 Å². The summed E-state index contributed by atoms with van der Waals surface area (Å²) < 4.78 is 1.63. The van der Waals surface area contributed by atoms with Crippen LogP contribution >= 0.6 is 0 Å². The van der Waals surface area contributed by atoms with Crippen molar-refractivity contribution in [2.45, 2.75) is 26.7 Å². The number of hydrogen-bond donors (Lipinski definition) is 2. The number of nitro benzene ring substituents is 1. The van der Waals surface area contributed by atoms with Gasteiger partial charge < -0.3 is 5.32 Å². The number of hydrogen-bond acceptors (Lipinski definition) is 6. The molecule has 0 aliphatic carbocycles. The predicted molar refractivity (Wildman–Crippen MR) is 99.4 cm³/mol. The topological polar surface area (TPSA) is 132 Å². The van der Waals surface area contributed by atoms with Gasteiger partial charge in [-0.1, -0.05) is 6.07 Å². The highest BCUT2D eigenvalue weighted by Crippen LogP contribution is 2.25. The number of anilines is 1. The fraction of sp³-hybridized carbons (Fsp3) is 0.294. The molecule has 0 aliphatic heterocycles. The number of nitrogens with one attached hydrogen (secondary N) is 2. The summed E-state index contributed by atoms with van der Waals surface area (Å²) >= 11 is 0. The quantitative estimate of drug-likeness (QED) is 0.435. The average molecular weight is 372 g/mol. The third-order valence-corrected chi connectivity index (χ3v) is 3.65. The number of amides is 2.